The first-order valence-corrected chi connectivity index (χ1v) is 11.6. The summed E-state index contributed by atoms with van der Waals surface area (Å²) in [5, 5.41) is 0.204. The number of hydrogen-bond acceptors (Lipinski definition) is 2. The van der Waals surface area contributed by atoms with E-state index in [2.05, 4.69) is 40.8 Å². The molecular weight excluding hydrogens is 276 g/mol. The first-order valence-electron chi connectivity index (χ1n) is 8.72. The zero-order valence-corrected chi connectivity index (χ0v) is 16.3. The monoisotopic (exact) mass is 312 g/mol. The maximum Gasteiger partial charge on any atom is 0.192 e. The van der Waals surface area contributed by atoms with E-state index in [0.717, 1.165) is 0 Å². The van der Waals surface area contributed by atoms with Crippen LogP contribution in [0.2, 0.25) is 18.1 Å². The predicted octanol–water partition coefficient (Wildman–Crippen LogP) is 5.57. The van der Waals surface area contributed by atoms with Crippen LogP contribution in [0.5, 0.6) is 0 Å². The molecule has 0 amide bonds. The maximum absolute atomic E-state index is 12.6. The Morgan fingerprint density at radius 2 is 1.62 bits per heavy atom. The van der Waals surface area contributed by atoms with Crippen molar-refractivity contribution >= 4 is 14.1 Å². The van der Waals surface area contributed by atoms with Gasteiger partial charge in [-0.3, -0.25) is 4.79 Å². The van der Waals surface area contributed by atoms with E-state index >= 15 is 0 Å². The highest BCUT2D eigenvalue weighted by atomic mass is 28.4. The Kier molecular flexibility index (Phi) is 6.25. The quantitative estimate of drug-likeness (QED) is 0.599. The number of hydrogen-bond donors (Lipinski definition) is 0. The van der Waals surface area contributed by atoms with Crippen molar-refractivity contribution in [2.24, 2.45) is 11.3 Å². The summed E-state index contributed by atoms with van der Waals surface area (Å²) < 4.78 is 6.45. The van der Waals surface area contributed by atoms with E-state index < -0.39 is 8.32 Å². The van der Waals surface area contributed by atoms with Gasteiger partial charge in [0, 0.05) is 13.0 Å². The van der Waals surface area contributed by atoms with Gasteiger partial charge < -0.3 is 4.43 Å². The highest BCUT2D eigenvalue weighted by Crippen LogP contribution is 2.43. The van der Waals surface area contributed by atoms with Crippen LogP contribution >= 0.6 is 0 Å². The Hall–Kier alpha value is -0.153. The highest BCUT2D eigenvalue weighted by Gasteiger charge is 2.44. The van der Waals surface area contributed by atoms with Crippen LogP contribution in [0.25, 0.3) is 0 Å². The average Bonchev–Trinajstić information content (AvgIpc) is 2.43. The molecular formula is C18H36O2Si. The molecule has 0 spiro atoms. The lowest BCUT2D eigenvalue weighted by Crippen LogP contribution is -2.48. The van der Waals surface area contributed by atoms with E-state index in [0.29, 0.717) is 24.7 Å². The molecule has 1 saturated carbocycles. The van der Waals surface area contributed by atoms with Crippen molar-refractivity contribution in [3.63, 3.8) is 0 Å². The molecule has 0 unspecified atom stereocenters. The van der Waals surface area contributed by atoms with Gasteiger partial charge in [-0.25, -0.2) is 0 Å². The van der Waals surface area contributed by atoms with E-state index in [4.69, 9.17) is 4.43 Å². The van der Waals surface area contributed by atoms with Gasteiger partial charge in [0.2, 0.25) is 0 Å². The fourth-order valence-electron chi connectivity index (χ4n) is 3.12. The molecule has 1 aliphatic carbocycles. The van der Waals surface area contributed by atoms with Crippen LogP contribution in [-0.2, 0) is 9.22 Å². The molecule has 0 aliphatic heterocycles. The number of Topliss-reactive ketones (excluding diaryl/α,β-unsaturated/α-hetero) is 1. The zero-order chi connectivity index (χ0) is 16.3. The minimum absolute atomic E-state index is 0.204. The van der Waals surface area contributed by atoms with Gasteiger partial charge in [0.05, 0.1) is 5.41 Å². The van der Waals surface area contributed by atoms with E-state index in [-0.39, 0.29) is 10.5 Å². The SMILES string of the molecule is CCC(=O)[C@](C)(CO[Si](C)(C)C(C)(C)C)C1CCCCC1. The van der Waals surface area contributed by atoms with Gasteiger partial charge in [0.1, 0.15) is 5.78 Å². The van der Waals surface area contributed by atoms with E-state index in [1.54, 1.807) is 0 Å². The summed E-state index contributed by atoms with van der Waals surface area (Å²) in [6.45, 7) is 16.1. The molecule has 0 heterocycles. The molecule has 0 saturated heterocycles. The van der Waals surface area contributed by atoms with Crippen LogP contribution in [0, 0.1) is 11.3 Å². The van der Waals surface area contributed by atoms with Gasteiger partial charge in [-0.2, -0.15) is 0 Å². The Balaban J connectivity index is 2.86. The zero-order valence-electron chi connectivity index (χ0n) is 15.3. The molecule has 2 nitrogen and oxygen atoms in total. The van der Waals surface area contributed by atoms with Gasteiger partial charge >= 0.3 is 0 Å². The molecule has 0 aromatic heterocycles. The van der Waals surface area contributed by atoms with Gasteiger partial charge in [0.15, 0.2) is 8.32 Å². The topological polar surface area (TPSA) is 26.3 Å². The Morgan fingerprint density at radius 3 is 2.05 bits per heavy atom. The fraction of sp³-hybridized carbons (Fsp3) is 0.944. The standard InChI is InChI=1S/C18H36O2Si/c1-8-16(19)18(5,15-12-10-9-11-13-15)14-20-21(6,7)17(2,3)4/h15H,8-14H2,1-7H3/t18-/m1/s1. The molecule has 21 heavy (non-hydrogen) atoms. The molecule has 3 heteroatoms. The van der Waals surface area contributed by atoms with Crippen LogP contribution in [0.15, 0.2) is 0 Å². The van der Waals surface area contributed by atoms with Crippen LogP contribution in [0.4, 0.5) is 0 Å². The Bertz CT molecular complexity index is 351. The summed E-state index contributed by atoms with van der Waals surface area (Å²) in [5.41, 5.74) is -0.273. The molecule has 0 aromatic carbocycles. The molecule has 1 rings (SSSR count). The van der Waals surface area contributed by atoms with E-state index in [9.17, 15) is 4.79 Å². The van der Waals surface area contributed by atoms with E-state index in [1.807, 2.05) is 6.92 Å². The average molecular weight is 313 g/mol. The smallest absolute Gasteiger partial charge is 0.192 e. The first-order chi connectivity index (χ1) is 9.54. The van der Waals surface area contributed by atoms with Crippen molar-refractivity contribution in [1.82, 2.24) is 0 Å². The molecule has 124 valence electrons. The second-order valence-corrected chi connectivity index (χ2v) is 13.4. The van der Waals surface area contributed by atoms with Crippen molar-refractivity contribution in [2.45, 2.75) is 91.3 Å². The van der Waals surface area contributed by atoms with Crippen molar-refractivity contribution in [3.05, 3.63) is 0 Å². The first kappa shape index (κ1) is 18.9. The lowest BCUT2D eigenvalue weighted by atomic mass is 9.67. The Morgan fingerprint density at radius 1 is 1.10 bits per heavy atom. The third kappa shape index (κ3) is 4.41. The highest BCUT2D eigenvalue weighted by molar-refractivity contribution is 6.74. The fourth-order valence-corrected chi connectivity index (χ4v) is 4.21. The van der Waals surface area contributed by atoms with Gasteiger partial charge in [-0.15, -0.1) is 0 Å². The van der Waals surface area contributed by atoms with Crippen LogP contribution in [-0.4, -0.2) is 20.7 Å². The number of rotatable bonds is 6. The predicted molar refractivity (Wildman–Crippen MR) is 93.1 cm³/mol. The summed E-state index contributed by atoms with van der Waals surface area (Å²) >= 11 is 0. The summed E-state index contributed by atoms with van der Waals surface area (Å²) in [6.07, 6.45) is 6.91. The van der Waals surface area contributed by atoms with E-state index in [1.165, 1.54) is 32.1 Å². The number of ketones is 1. The van der Waals surface area contributed by atoms with Gasteiger partial charge in [-0.1, -0.05) is 53.9 Å². The van der Waals surface area contributed by atoms with Gasteiger partial charge in [0.25, 0.3) is 0 Å². The number of carbonyl (C=O) groups excluding carboxylic acids is 1. The van der Waals surface area contributed by atoms with Crippen molar-refractivity contribution < 1.29 is 9.22 Å². The summed E-state index contributed by atoms with van der Waals surface area (Å²) in [5.74, 6) is 0.913. The summed E-state index contributed by atoms with van der Waals surface area (Å²) in [6, 6.07) is 0. The molecule has 1 atom stereocenters. The third-order valence-corrected chi connectivity index (χ3v) is 10.5. The van der Waals surface area contributed by atoms with Crippen molar-refractivity contribution in [1.29, 1.82) is 0 Å². The second-order valence-electron chi connectivity index (χ2n) is 8.58. The lowest BCUT2D eigenvalue weighted by Gasteiger charge is -2.43. The molecule has 0 radical (unpaired) electrons. The molecule has 0 aromatic rings. The van der Waals surface area contributed by atoms with Crippen molar-refractivity contribution in [3.8, 4) is 0 Å². The summed E-state index contributed by atoms with van der Waals surface area (Å²) in [4.78, 5) is 12.6. The molecule has 0 bridgehead atoms. The minimum Gasteiger partial charge on any atom is -0.416 e. The summed E-state index contributed by atoms with van der Waals surface area (Å²) in [7, 11) is -1.79. The van der Waals surface area contributed by atoms with Crippen molar-refractivity contribution in [2.75, 3.05) is 6.61 Å². The third-order valence-electron chi connectivity index (χ3n) is 6.00. The minimum atomic E-state index is -1.79. The molecule has 1 aliphatic rings. The maximum atomic E-state index is 12.6. The molecule has 0 N–H and O–H groups in total. The largest absolute Gasteiger partial charge is 0.416 e. The Labute approximate surface area is 133 Å². The van der Waals surface area contributed by atoms with Crippen LogP contribution in [0.3, 0.4) is 0 Å². The molecule has 1 fully saturated rings. The van der Waals surface area contributed by atoms with Crippen LogP contribution < -0.4 is 0 Å². The normalized spacial score (nSPS) is 21.1. The number of carbonyl (C=O) groups is 1. The van der Waals surface area contributed by atoms with Crippen LogP contribution in [0.1, 0.15) is 73.1 Å². The lowest BCUT2D eigenvalue weighted by molar-refractivity contribution is -0.134. The van der Waals surface area contributed by atoms with Gasteiger partial charge in [-0.05, 0) is 36.9 Å². The second kappa shape index (κ2) is 6.95.